The molecule has 0 N–H and O–H groups in total. The Hall–Kier alpha value is -3.35. The number of hydrogen-bond acceptors (Lipinski definition) is 6. The molecule has 2 heterocycles. The van der Waals surface area contributed by atoms with Gasteiger partial charge in [0.2, 0.25) is 5.91 Å². The minimum absolute atomic E-state index is 0.0146. The molecule has 1 spiro atoms. The summed E-state index contributed by atoms with van der Waals surface area (Å²) in [5, 5.41) is 0. The van der Waals surface area contributed by atoms with Crippen molar-refractivity contribution in [3.63, 3.8) is 0 Å². The highest BCUT2D eigenvalue weighted by Crippen LogP contribution is 2.57. The zero-order chi connectivity index (χ0) is 20.8. The van der Waals surface area contributed by atoms with Crippen LogP contribution < -0.4 is 9.80 Å². The number of esters is 2. The third-order valence-corrected chi connectivity index (χ3v) is 5.71. The summed E-state index contributed by atoms with van der Waals surface area (Å²) in [6.45, 7) is 2.24. The molecule has 1 aromatic rings. The number of anilines is 2. The van der Waals surface area contributed by atoms with E-state index < -0.39 is 11.9 Å². The van der Waals surface area contributed by atoms with Gasteiger partial charge in [0.15, 0.2) is 0 Å². The van der Waals surface area contributed by atoms with Gasteiger partial charge in [-0.1, -0.05) is 12.1 Å². The highest BCUT2D eigenvalue weighted by Gasteiger charge is 2.52. The molecule has 1 aromatic carbocycles. The monoisotopic (exact) mass is 394 g/mol. The number of nitrogens with zero attached hydrogens (tertiary/aromatic N) is 2. The number of hydrogen-bond donors (Lipinski definition) is 0. The van der Waals surface area contributed by atoms with Crippen molar-refractivity contribution in [3.8, 4) is 0 Å². The Morgan fingerprint density at radius 3 is 2.38 bits per heavy atom. The van der Waals surface area contributed by atoms with Gasteiger partial charge in [0, 0.05) is 36.5 Å². The Morgan fingerprint density at radius 1 is 1.03 bits per heavy atom. The Labute approximate surface area is 168 Å². The summed E-state index contributed by atoms with van der Waals surface area (Å²) < 4.78 is 9.79. The van der Waals surface area contributed by atoms with Gasteiger partial charge in [0.1, 0.15) is 5.70 Å². The van der Waals surface area contributed by atoms with Gasteiger partial charge in [-0.05, 0) is 42.7 Å². The van der Waals surface area contributed by atoms with Gasteiger partial charge < -0.3 is 19.3 Å². The molecular weight excluding hydrogens is 372 g/mol. The molecule has 4 rings (SSSR count). The maximum atomic E-state index is 12.6. The summed E-state index contributed by atoms with van der Waals surface area (Å²) >= 11 is 0. The normalized spacial score (nSPS) is 18.6. The topological polar surface area (TPSA) is 76.2 Å². The molecular formula is C22H22N2O5. The van der Waals surface area contributed by atoms with Gasteiger partial charge in [-0.2, -0.15) is 0 Å². The van der Waals surface area contributed by atoms with Crippen LogP contribution in [0.15, 0.2) is 53.9 Å². The van der Waals surface area contributed by atoms with E-state index in [1.165, 1.54) is 20.3 Å². The maximum absolute atomic E-state index is 12.6. The lowest BCUT2D eigenvalue weighted by Gasteiger charge is -2.24. The molecule has 0 aromatic heterocycles. The SMILES string of the molecule is COC(=O)C1=C(C(=O)OC)N(c2ccc3c(c2)N(C(C)=O)CC32CC2)C=CC=C1. The largest absolute Gasteiger partial charge is 0.465 e. The predicted molar refractivity (Wildman–Crippen MR) is 107 cm³/mol. The van der Waals surface area contributed by atoms with Crippen molar-refractivity contribution < 1.29 is 23.9 Å². The van der Waals surface area contributed by atoms with E-state index in [1.54, 1.807) is 35.1 Å². The summed E-state index contributed by atoms with van der Waals surface area (Å²) in [7, 11) is 2.52. The van der Waals surface area contributed by atoms with Crippen molar-refractivity contribution in [2.75, 3.05) is 30.6 Å². The van der Waals surface area contributed by atoms with Crippen molar-refractivity contribution in [2.24, 2.45) is 0 Å². The van der Waals surface area contributed by atoms with Crippen LogP contribution in [0.4, 0.5) is 11.4 Å². The highest BCUT2D eigenvalue weighted by atomic mass is 16.5. The zero-order valence-corrected chi connectivity index (χ0v) is 16.6. The maximum Gasteiger partial charge on any atom is 0.355 e. The van der Waals surface area contributed by atoms with Crippen LogP contribution in [0.2, 0.25) is 0 Å². The number of allylic oxidation sites excluding steroid dienone is 2. The van der Waals surface area contributed by atoms with E-state index in [1.807, 2.05) is 18.2 Å². The summed E-state index contributed by atoms with van der Waals surface area (Å²) in [6, 6.07) is 5.80. The number of carbonyl (C=O) groups is 3. The van der Waals surface area contributed by atoms with Crippen molar-refractivity contribution >= 4 is 29.2 Å². The first-order valence-corrected chi connectivity index (χ1v) is 9.39. The molecule has 0 radical (unpaired) electrons. The second-order valence-electron chi connectivity index (χ2n) is 7.40. The van der Waals surface area contributed by atoms with Crippen LogP contribution in [-0.4, -0.2) is 38.6 Å². The third-order valence-electron chi connectivity index (χ3n) is 5.71. The first-order valence-electron chi connectivity index (χ1n) is 9.39. The molecule has 1 fully saturated rings. The second-order valence-corrected chi connectivity index (χ2v) is 7.40. The van der Waals surface area contributed by atoms with Crippen LogP contribution >= 0.6 is 0 Å². The number of fused-ring (bicyclic) bond motifs is 2. The lowest BCUT2D eigenvalue weighted by Crippen LogP contribution is -2.29. The standard InChI is InChI=1S/C22H22N2O5/c1-14(25)24-13-22(9-10-22)17-8-7-15(12-18(17)24)23-11-5-4-6-16(20(26)28-2)19(23)21(27)29-3/h4-8,11-12H,9-10,13H2,1-3H3. The quantitative estimate of drug-likeness (QED) is 0.734. The van der Waals surface area contributed by atoms with Gasteiger partial charge in [-0.25, -0.2) is 9.59 Å². The van der Waals surface area contributed by atoms with Crippen LogP contribution in [0.1, 0.15) is 25.3 Å². The fourth-order valence-corrected chi connectivity index (χ4v) is 4.04. The minimum atomic E-state index is -0.663. The van der Waals surface area contributed by atoms with Crippen molar-refractivity contribution in [1.82, 2.24) is 0 Å². The van der Waals surface area contributed by atoms with Crippen molar-refractivity contribution in [2.45, 2.75) is 25.2 Å². The smallest absolute Gasteiger partial charge is 0.355 e. The highest BCUT2D eigenvalue weighted by molar-refractivity contribution is 6.05. The van der Waals surface area contributed by atoms with Crippen LogP contribution in [0, 0.1) is 0 Å². The van der Waals surface area contributed by atoms with E-state index in [0.717, 1.165) is 24.1 Å². The predicted octanol–water partition coefficient (Wildman–Crippen LogP) is 2.57. The Morgan fingerprint density at radius 2 is 1.76 bits per heavy atom. The molecule has 0 atom stereocenters. The number of carbonyl (C=O) groups excluding carboxylic acids is 3. The lowest BCUT2D eigenvalue weighted by atomic mass is 9.98. The van der Waals surface area contributed by atoms with E-state index in [2.05, 4.69) is 0 Å². The average molecular weight is 394 g/mol. The molecule has 0 unspecified atom stereocenters. The van der Waals surface area contributed by atoms with Gasteiger partial charge in [-0.3, -0.25) is 4.79 Å². The van der Waals surface area contributed by atoms with E-state index in [0.29, 0.717) is 12.2 Å². The van der Waals surface area contributed by atoms with Crippen LogP contribution in [-0.2, 0) is 29.3 Å². The van der Waals surface area contributed by atoms with Crippen molar-refractivity contribution in [1.29, 1.82) is 0 Å². The molecule has 7 heteroatoms. The molecule has 1 saturated carbocycles. The summed E-state index contributed by atoms with van der Waals surface area (Å²) in [5.74, 6) is -1.32. The molecule has 1 amide bonds. The van der Waals surface area contributed by atoms with Gasteiger partial charge in [0.05, 0.1) is 19.8 Å². The number of amides is 1. The lowest BCUT2D eigenvalue weighted by molar-refractivity contribution is -0.139. The molecule has 3 aliphatic rings. The van der Waals surface area contributed by atoms with Crippen LogP contribution in [0.5, 0.6) is 0 Å². The Balaban J connectivity index is 1.85. The number of benzene rings is 1. The van der Waals surface area contributed by atoms with E-state index in [4.69, 9.17) is 9.47 Å². The molecule has 7 nitrogen and oxygen atoms in total. The van der Waals surface area contributed by atoms with Gasteiger partial charge in [-0.15, -0.1) is 0 Å². The van der Waals surface area contributed by atoms with E-state index in [9.17, 15) is 14.4 Å². The van der Waals surface area contributed by atoms with Crippen LogP contribution in [0.25, 0.3) is 0 Å². The fourth-order valence-electron chi connectivity index (χ4n) is 4.04. The number of ether oxygens (including phenoxy) is 2. The van der Waals surface area contributed by atoms with Gasteiger partial charge in [0.25, 0.3) is 0 Å². The Bertz CT molecular complexity index is 1000. The molecule has 150 valence electrons. The van der Waals surface area contributed by atoms with E-state index in [-0.39, 0.29) is 22.6 Å². The van der Waals surface area contributed by atoms with Crippen molar-refractivity contribution in [3.05, 3.63) is 59.5 Å². The summed E-state index contributed by atoms with van der Waals surface area (Å²) in [4.78, 5) is 40.5. The summed E-state index contributed by atoms with van der Waals surface area (Å²) in [6.07, 6.45) is 8.71. The molecule has 1 aliphatic carbocycles. The van der Waals surface area contributed by atoms with Gasteiger partial charge >= 0.3 is 11.9 Å². The summed E-state index contributed by atoms with van der Waals surface area (Å²) in [5.41, 5.74) is 2.86. The van der Waals surface area contributed by atoms with E-state index >= 15 is 0 Å². The first kappa shape index (κ1) is 19.0. The second kappa shape index (κ2) is 6.92. The molecule has 0 saturated heterocycles. The number of rotatable bonds is 3. The van der Waals surface area contributed by atoms with Crippen LogP contribution in [0.3, 0.4) is 0 Å². The first-order chi connectivity index (χ1) is 13.9. The molecule has 2 aliphatic heterocycles. The third kappa shape index (κ3) is 3.03. The zero-order valence-electron chi connectivity index (χ0n) is 16.6. The molecule has 29 heavy (non-hydrogen) atoms. The molecule has 0 bridgehead atoms. The fraction of sp³-hybridized carbons (Fsp3) is 0.318. The number of methoxy groups -OCH3 is 2. The Kier molecular flexibility index (Phi) is 4.53. The minimum Gasteiger partial charge on any atom is -0.465 e. The average Bonchev–Trinajstić information content (AvgIpc) is 3.47.